The summed E-state index contributed by atoms with van der Waals surface area (Å²) in [5.41, 5.74) is 1.37. The number of aliphatic carboxylic acids is 1. The lowest BCUT2D eigenvalue weighted by molar-refractivity contribution is -0.148. The largest absolute Gasteiger partial charge is 0.481 e. The van der Waals surface area contributed by atoms with Gasteiger partial charge in [0.1, 0.15) is 5.82 Å². The lowest BCUT2D eigenvalue weighted by atomic mass is 9.89. The van der Waals surface area contributed by atoms with Gasteiger partial charge >= 0.3 is 5.97 Å². The molecule has 2 N–H and O–H groups in total. The van der Waals surface area contributed by atoms with Crippen LogP contribution in [0, 0.1) is 12.3 Å². The molecule has 0 fully saturated rings. The predicted molar refractivity (Wildman–Crippen MR) is 102 cm³/mol. The van der Waals surface area contributed by atoms with Gasteiger partial charge in [0.2, 0.25) is 5.91 Å². The van der Waals surface area contributed by atoms with E-state index in [4.69, 9.17) is 0 Å². The summed E-state index contributed by atoms with van der Waals surface area (Å²) in [5, 5.41) is 20.8. The number of carbonyl (C=O) groups is 2. The van der Waals surface area contributed by atoms with Crippen LogP contribution < -0.4 is 5.32 Å². The summed E-state index contributed by atoms with van der Waals surface area (Å²) in [6.45, 7) is 5.90. The summed E-state index contributed by atoms with van der Waals surface area (Å²) in [6, 6.07) is 5.81. The fraction of sp³-hybridized carbons (Fsp3) is 0.500. The Balaban J connectivity index is 1.84. The van der Waals surface area contributed by atoms with Crippen LogP contribution >= 0.6 is 0 Å². The molecule has 0 spiro atoms. The minimum Gasteiger partial charge on any atom is -0.481 e. The molecule has 0 bridgehead atoms. The lowest BCUT2D eigenvalue weighted by Crippen LogP contribution is -2.29. The molecule has 0 saturated heterocycles. The topological polar surface area (TPSA) is 97.1 Å². The number of anilines is 1. The summed E-state index contributed by atoms with van der Waals surface area (Å²) in [7, 11) is 0. The van der Waals surface area contributed by atoms with Crippen molar-refractivity contribution in [1.82, 2.24) is 14.8 Å². The van der Waals surface area contributed by atoms with Crippen molar-refractivity contribution in [2.75, 3.05) is 5.32 Å². The number of nitrogens with zero attached hydrogens (tertiary/aromatic N) is 3. The van der Waals surface area contributed by atoms with E-state index in [1.165, 1.54) is 6.42 Å². The summed E-state index contributed by atoms with van der Waals surface area (Å²) < 4.78 is 2.16. The van der Waals surface area contributed by atoms with Crippen LogP contribution in [0.4, 0.5) is 5.69 Å². The molecule has 27 heavy (non-hydrogen) atoms. The Bertz CT molecular complexity index is 870. The number of aromatic nitrogens is 3. The molecule has 0 radical (unpaired) electrons. The smallest absolute Gasteiger partial charge is 0.309 e. The first-order valence-electron chi connectivity index (χ1n) is 9.34. The van der Waals surface area contributed by atoms with Crippen molar-refractivity contribution in [1.29, 1.82) is 0 Å². The third-order valence-corrected chi connectivity index (χ3v) is 5.06. The molecule has 0 atom stereocenters. The average Bonchev–Trinajstić information content (AvgIpc) is 2.84. The first-order chi connectivity index (χ1) is 12.8. The Morgan fingerprint density at radius 3 is 2.74 bits per heavy atom. The number of carboxylic acids is 1. The highest BCUT2D eigenvalue weighted by molar-refractivity contribution is 5.95. The van der Waals surface area contributed by atoms with Gasteiger partial charge in [0.15, 0.2) is 5.82 Å². The molecule has 3 rings (SSSR count). The van der Waals surface area contributed by atoms with Gasteiger partial charge in [-0.1, -0.05) is 18.6 Å². The normalized spacial score (nSPS) is 14.3. The van der Waals surface area contributed by atoms with E-state index in [1.807, 2.05) is 25.1 Å². The van der Waals surface area contributed by atoms with Crippen LogP contribution in [-0.4, -0.2) is 31.7 Å². The number of carboxylic acid groups (broad SMARTS) is 1. The van der Waals surface area contributed by atoms with Gasteiger partial charge in [-0.15, -0.1) is 10.2 Å². The predicted octanol–water partition coefficient (Wildman–Crippen LogP) is 3.42. The van der Waals surface area contributed by atoms with E-state index < -0.39 is 11.4 Å². The molecular formula is C20H26N4O3. The second-order valence-corrected chi connectivity index (χ2v) is 7.85. The van der Waals surface area contributed by atoms with Gasteiger partial charge in [0.05, 0.1) is 5.41 Å². The number of benzene rings is 1. The van der Waals surface area contributed by atoms with E-state index in [1.54, 1.807) is 13.8 Å². The quantitative estimate of drug-likeness (QED) is 0.840. The average molecular weight is 370 g/mol. The van der Waals surface area contributed by atoms with Gasteiger partial charge in [-0.2, -0.15) is 0 Å². The van der Waals surface area contributed by atoms with Crippen molar-refractivity contribution >= 4 is 17.6 Å². The summed E-state index contributed by atoms with van der Waals surface area (Å²) in [5.74, 6) is 0.516. The van der Waals surface area contributed by atoms with Crippen molar-refractivity contribution in [3.05, 3.63) is 29.6 Å². The van der Waals surface area contributed by atoms with E-state index in [2.05, 4.69) is 20.1 Å². The fourth-order valence-corrected chi connectivity index (χ4v) is 3.27. The third kappa shape index (κ3) is 4.18. The third-order valence-electron chi connectivity index (χ3n) is 5.06. The van der Waals surface area contributed by atoms with Crippen LogP contribution in [-0.2, 0) is 22.6 Å². The molecule has 7 nitrogen and oxygen atoms in total. The Morgan fingerprint density at radius 1 is 1.22 bits per heavy atom. The Kier molecular flexibility index (Phi) is 5.30. The van der Waals surface area contributed by atoms with Gasteiger partial charge in [-0.25, -0.2) is 0 Å². The number of nitrogens with one attached hydrogen (secondary N) is 1. The van der Waals surface area contributed by atoms with Gasteiger partial charge < -0.3 is 15.0 Å². The zero-order chi connectivity index (χ0) is 19.6. The van der Waals surface area contributed by atoms with Crippen LogP contribution in [0.1, 0.15) is 50.9 Å². The molecule has 2 heterocycles. The summed E-state index contributed by atoms with van der Waals surface area (Å²) in [4.78, 5) is 23.6. The van der Waals surface area contributed by atoms with E-state index in [9.17, 15) is 14.7 Å². The maximum Gasteiger partial charge on any atom is 0.309 e. The number of hydrogen-bond acceptors (Lipinski definition) is 4. The second kappa shape index (κ2) is 7.50. The zero-order valence-electron chi connectivity index (χ0n) is 16.1. The molecule has 1 aliphatic rings. The highest BCUT2D eigenvalue weighted by Crippen LogP contribution is 2.28. The minimum absolute atomic E-state index is 0.0909. The van der Waals surface area contributed by atoms with E-state index in [0.29, 0.717) is 5.69 Å². The van der Waals surface area contributed by atoms with Gasteiger partial charge in [-0.3, -0.25) is 9.59 Å². The standard InChI is InChI=1S/C20H26N4O3/c1-13-8-9-14(18-23-22-16-7-5-4-6-10-24(16)18)11-15(13)21-17(25)12-20(2,3)19(26)27/h8-9,11H,4-7,10,12H2,1-3H3,(H,21,25)(H,26,27). The lowest BCUT2D eigenvalue weighted by Gasteiger charge is -2.19. The van der Waals surface area contributed by atoms with Crippen molar-refractivity contribution in [3.63, 3.8) is 0 Å². The number of fused-ring (bicyclic) bond motifs is 1. The molecule has 0 unspecified atom stereocenters. The molecule has 0 saturated carbocycles. The highest BCUT2D eigenvalue weighted by Gasteiger charge is 2.30. The molecular weight excluding hydrogens is 344 g/mol. The Morgan fingerprint density at radius 2 is 2.00 bits per heavy atom. The summed E-state index contributed by atoms with van der Waals surface area (Å²) >= 11 is 0. The van der Waals surface area contributed by atoms with Crippen LogP contribution in [0.25, 0.3) is 11.4 Å². The molecule has 1 aromatic heterocycles. The number of carbonyl (C=O) groups excluding carboxylic acids is 1. The Hall–Kier alpha value is -2.70. The van der Waals surface area contributed by atoms with Crippen LogP contribution in [0.2, 0.25) is 0 Å². The molecule has 1 amide bonds. The molecule has 0 aliphatic carbocycles. The summed E-state index contributed by atoms with van der Waals surface area (Å²) in [6.07, 6.45) is 4.28. The van der Waals surface area contributed by atoms with Crippen molar-refractivity contribution in [3.8, 4) is 11.4 Å². The van der Waals surface area contributed by atoms with Gasteiger partial charge in [0.25, 0.3) is 0 Å². The monoisotopic (exact) mass is 370 g/mol. The van der Waals surface area contributed by atoms with E-state index in [-0.39, 0.29) is 12.3 Å². The van der Waals surface area contributed by atoms with Crippen LogP contribution in [0.15, 0.2) is 18.2 Å². The highest BCUT2D eigenvalue weighted by atomic mass is 16.4. The number of aryl methyl sites for hydroxylation is 2. The number of amides is 1. The van der Waals surface area contributed by atoms with Gasteiger partial charge in [-0.05, 0) is 45.2 Å². The van der Waals surface area contributed by atoms with E-state index in [0.717, 1.165) is 48.6 Å². The van der Waals surface area contributed by atoms with Crippen LogP contribution in [0.5, 0.6) is 0 Å². The molecule has 144 valence electrons. The van der Waals surface area contributed by atoms with Crippen molar-refractivity contribution in [2.45, 2.75) is 59.4 Å². The fourth-order valence-electron chi connectivity index (χ4n) is 3.27. The van der Waals surface area contributed by atoms with E-state index >= 15 is 0 Å². The Labute approximate surface area is 158 Å². The molecule has 7 heteroatoms. The van der Waals surface area contributed by atoms with Crippen molar-refractivity contribution < 1.29 is 14.7 Å². The van der Waals surface area contributed by atoms with Crippen LogP contribution in [0.3, 0.4) is 0 Å². The maximum atomic E-state index is 12.4. The number of rotatable bonds is 5. The molecule has 1 aliphatic heterocycles. The first-order valence-corrected chi connectivity index (χ1v) is 9.34. The zero-order valence-corrected chi connectivity index (χ0v) is 16.1. The first kappa shape index (κ1) is 19.1. The molecule has 1 aromatic carbocycles. The number of hydrogen-bond donors (Lipinski definition) is 2. The minimum atomic E-state index is -1.11. The maximum absolute atomic E-state index is 12.4. The van der Waals surface area contributed by atoms with Gasteiger partial charge in [0, 0.05) is 30.6 Å². The second-order valence-electron chi connectivity index (χ2n) is 7.85. The van der Waals surface area contributed by atoms with Crippen molar-refractivity contribution in [2.24, 2.45) is 5.41 Å². The molecule has 2 aromatic rings. The SMILES string of the molecule is Cc1ccc(-c2nnc3n2CCCCC3)cc1NC(=O)CC(C)(C)C(=O)O.